The van der Waals surface area contributed by atoms with E-state index in [2.05, 4.69) is 19.9 Å². The van der Waals surface area contributed by atoms with Crippen molar-refractivity contribution in [2.45, 2.75) is 41.8 Å². The maximum absolute atomic E-state index is 13.1. The van der Waals surface area contributed by atoms with Gasteiger partial charge in [-0.15, -0.1) is 0 Å². The number of aromatic nitrogens is 5. The van der Waals surface area contributed by atoms with Gasteiger partial charge in [-0.3, -0.25) is 14.3 Å². The van der Waals surface area contributed by atoms with Gasteiger partial charge in [0.2, 0.25) is 0 Å². The lowest BCUT2D eigenvalue weighted by atomic mass is 9.73. The highest BCUT2D eigenvalue weighted by Gasteiger charge is 2.47. The number of piperidine rings is 1. The molecule has 1 saturated heterocycles. The second-order valence-corrected chi connectivity index (χ2v) is 11.8. The summed E-state index contributed by atoms with van der Waals surface area (Å²) < 4.78 is 6.52. The van der Waals surface area contributed by atoms with E-state index >= 15 is 0 Å². The zero-order chi connectivity index (χ0) is 28.7. The largest absolute Gasteiger partial charge is 0.476 e. The molecular formula is C28H28ClN7O4S. The predicted octanol–water partition coefficient (Wildman–Crippen LogP) is 3.57. The van der Waals surface area contributed by atoms with Crippen molar-refractivity contribution in [1.29, 1.82) is 0 Å². The fraction of sp³-hybridized carbons (Fsp3) is 0.357. The molecule has 1 atom stereocenters. The van der Waals surface area contributed by atoms with Gasteiger partial charge >= 0.3 is 5.97 Å². The van der Waals surface area contributed by atoms with Crippen LogP contribution in [0.25, 0.3) is 10.9 Å². The van der Waals surface area contributed by atoms with Crippen LogP contribution in [-0.4, -0.2) is 62.4 Å². The molecule has 1 fully saturated rings. The van der Waals surface area contributed by atoms with Gasteiger partial charge in [-0.25, -0.2) is 19.7 Å². The number of carboxylic acid groups (broad SMARTS) is 1. The highest BCUT2D eigenvalue weighted by atomic mass is 35.5. The molecule has 4 aromatic rings. The molecule has 2 aliphatic rings. The Morgan fingerprint density at radius 3 is 2.78 bits per heavy atom. The highest BCUT2D eigenvalue weighted by molar-refractivity contribution is 7.99. The van der Waals surface area contributed by atoms with Crippen molar-refractivity contribution in [3.8, 4) is 0 Å². The summed E-state index contributed by atoms with van der Waals surface area (Å²) in [5, 5.41) is 10.9. The first kappa shape index (κ1) is 27.6. The molecule has 212 valence electrons. The van der Waals surface area contributed by atoms with Crippen LogP contribution in [0.15, 0.2) is 57.7 Å². The lowest BCUT2D eigenvalue weighted by Crippen LogP contribution is -2.45. The molecular weight excluding hydrogens is 566 g/mol. The lowest BCUT2D eigenvalue weighted by Gasteiger charge is -2.42. The molecule has 11 nitrogen and oxygen atoms in total. The number of nitrogens with zero attached hydrogens (tertiary/aromatic N) is 6. The average Bonchev–Trinajstić information content (AvgIpc) is 3.25. The van der Waals surface area contributed by atoms with E-state index in [9.17, 15) is 14.7 Å². The number of methoxy groups -OCH3 is 1. The summed E-state index contributed by atoms with van der Waals surface area (Å²) >= 11 is 7.82. The van der Waals surface area contributed by atoms with E-state index in [0.717, 1.165) is 42.3 Å². The Balaban J connectivity index is 1.24. The predicted molar refractivity (Wildman–Crippen MR) is 155 cm³/mol. The summed E-state index contributed by atoms with van der Waals surface area (Å²) in [4.78, 5) is 45.7. The molecule has 1 spiro atoms. The third-order valence-electron chi connectivity index (χ3n) is 8.08. The van der Waals surface area contributed by atoms with Crippen LogP contribution in [0, 0.1) is 5.41 Å². The molecule has 0 amide bonds. The number of aromatic carboxylic acids is 1. The van der Waals surface area contributed by atoms with Gasteiger partial charge in [0.05, 0.1) is 41.6 Å². The maximum atomic E-state index is 13.1. The molecule has 4 heterocycles. The van der Waals surface area contributed by atoms with Crippen LogP contribution in [-0.2, 0) is 17.7 Å². The van der Waals surface area contributed by atoms with Crippen molar-refractivity contribution in [2.24, 2.45) is 11.1 Å². The van der Waals surface area contributed by atoms with Gasteiger partial charge < -0.3 is 20.5 Å². The van der Waals surface area contributed by atoms with Crippen LogP contribution in [0.1, 0.15) is 40.6 Å². The van der Waals surface area contributed by atoms with Crippen molar-refractivity contribution in [1.82, 2.24) is 24.5 Å². The first-order valence-electron chi connectivity index (χ1n) is 13.2. The van der Waals surface area contributed by atoms with Crippen LogP contribution in [0.4, 0.5) is 5.82 Å². The SMILES string of the molecule is COCCn1cnc2ccc(Sc3cnc(N4CCC5(CC4)Cc4ncccc4[C@H]5N)c(C(=O)O)n3)c(Cl)c2c1=O. The van der Waals surface area contributed by atoms with Crippen molar-refractivity contribution in [2.75, 3.05) is 31.7 Å². The zero-order valence-corrected chi connectivity index (χ0v) is 23.9. The normalized spacial score (nSPS) is 17.7. The first-order chi connectivity index (χ1) is 19.8. The number of carboxylic acids is 1. The summed E-state index contributed by atoms with van der Waals surface area (Å²) in [6.45, 7) is 1.92. The number of ether oxygens (including phenoxy) is 1. The minimum absolute atomic E-state index is 0.0936. The highest BCUT2D eigenvalue weighted by Crippen LogP contribution is 2.50. The van der Waals surface area contributed by atoms with E-state index in [1.807, 2.05) is 17.0 Å². The smallest absolute Gasteiger partial charge is 0.358 e. The van der Waals surface area contributed by atoms with Crippen LogP contribution in [0.2, 0.25) is 5.02 Å². The number of rotatable bonds is 7. The lowest BCUT2D eigenvalue weighted by molar-refractivity contribution is 0.0689. The second kappa shape index (κ2) is 11.0. The molecule has 6 rings (SSSR count). The summed E-state index contributed by atoms with van der Waals surface area (Å²) in [6.07, 6.45) is 7.22. The van der Waals surface area contributed by atoms with Crippen LogP contribution >= 0.6 is 23.4 Å². The fourth-order valence-corrected chi connectivity index (χ4v) is 6.97. The van der Waals surface area contributed by atoms with E-state index in [1.165, 1.54) is 10.9 Å². The number of carbonyl (C=O) groups is 1. The van der Waals surface area contributed by atoms with Crippen LogP contribution < -0.4 is 16.2 Å². The van der Waals surface area contributed by atoms with E-state index in [1.54, 1.807) is 31.6 Å². The van der Waals surface area contributed by atoms with Gasteiger partial charge in [-0.05, 0) is 48.4 Å². The summed E-state index contributed by atoms with van der Waals surface area (Å²) in [7, 11) is 1.56. The van der Waals surface area contributed by atoms with Gasteiger partial charge in [0.25, 0.3) is 5.56 Å². The van der Waals surface area contributed by atoms with E-state index in [0.29, 0.717) is 47.5 Å². The van der Waals surface area contributed by atoms with Gasteiger partial charge in [-0.1, -0.05) is 29.4 Å². The zero-order valence-electron chi connectivity index (χ0n) is 22.3. The van der Waals surface area contributed by atoms with E-state index in [4.69, 9.17) is 22.1 Å². The summed E-state index contributed by atoms with van der Waals surface area (Å²) in [6, 6.07) is 7.31. The first-order valence-corrected chi connectivity index (χ1v) is 14.4. The van der Waals surface area contributed by atoms with Gasteiger partial charge in [0.15, 0.2) is 11.5 Å². The van der Waals surface area contributed by atoms with Gasteiger partial charge in [0, 0.05) is 43.0 Å². The van der Waals surface area contributed by atoms with Gasteiger partial charge in [-0.2, -0.15) is 0 Å². The Morgan fingerprint density at radius 1 is 1.24 bits per heavy atom. The van der Waals surface area contributed by atoms with Crippen molar-refractivity contribution < 1.29 is 14.6 Å². The molecule has 0 radical (unpaired) electrons. The molecule has 0 saturated carbocycles. The van der Waals surface area contributed by atoms with Crippen molar-refractivity contribution in [3.05, 3.63) is 75.3 Å². The standard InChI is InChI=1S/C28H28ClN7O4S/c1-40-12-11-36-15-33-17-4-5-19(22(29)21(17)26(36)37)41-20-14-32-25(23(34-20)27(38)39)35-9-6-28(7-10-35)13-18-16(24(28)30)3-2-8-31-18/h2-5,8,14-15,24H,6-7,9-13,30H2,1H3,(H,38,39)/t24-/m1/s1. The molecule has 1 aromatic carbocycles. The van der Waals surface area contributed by atoms with Gasteiger partial charge in [0.1, 0.15) is 5.03 Å². The van der Waals surface area contributed by atoms with Crippen molar-refractivity contribution >= 4 is 46.1 Å². The topological polar surface area (TPSA) is 149 Å². The number of halogens is 1. The number of hydrogen-bond acceptors (Lipinski definition) is 10. The molecule has 13 heteroatoms. The van der Waals surface area contributed by atoms with Crippen LogP contribution in [0.3, 0.4) is 0 Å². The Bertz CT molecular complexity index is 1710. The Labute approximate surface area is 244 Å². The van der Waals surface area contributed by atoms with Crippen molar-refractivity contribution in [3.63, 3.8) is 0 Å². The summed E-state index contributed by atoms with van der Waals surface area (Å²) in [5.74, 6) is -0.840. The number of nitrogens with two attached hydrogens (primary N) is 1. The molecule has 0 bridgehead atoms. The third kappa shape index (κ3) is 4.94. The molecule has 1 aliphatic heterocycles. The number of pyridine rings is 1. The number of fused-ring (bicyclic) bond motifs is 2. The quantitative estimate of drug-likeness (QED) is 0.324. The molecule has 3 aromatic heterocycles. The molecule has 41 heavy (non-hydrogen) atoms. The molecule has 3 N–H and O–H groups in total. The molecule has 1 aliphatic carbocycles. The average molecular weight is 594 g/mol. The maximum Gasteiger partial charge on any atom is 0.358 e. The van der Waals surface area contributed by atoms with Crippen LogP contribution in [0.5, 0.6) is 0 Å². The Morgan fingerprint density at radius 2 is 2.05 bits per heavy atom. The number of benzene rings is 1. The minimum Gasteiger partial charge on any atom is -0.476 e. The Hall–Kier alpha value is -3.58. The number of anilines is 1. The third-order valence-corrected chi connectivity index (χ3v) is 9.55. The van der Waals surface area contributed by atoms with E-state index < -0.39 is 5.97 Å². The Kier molecular flexibility index (Phi) is 7.41. The second-order valence-electron chi connectivity index (χ2n) is 10.3. The van der Waals surface area contributed by atoms with E-state index in [-0.39, 0.29) is 33.1 Å². The fourth-order valence-electron chi connectivity index (χ4n) is 5.82. The minimum atomic E-state index is -1.17. The molecule has 0 unspecified atom stereocenters. The summed E-state index contributed by atoms with van der Waals surface area (Å²) in [5.41, 5.74) is 8.79. The number of hydrogen-bond donors (Lipinski definition) is 2. The monoisotopic (exact) mass is 593 g/mol.